The maximum absolute atomic E-state index is 5.54. The van der Waals surface area contributed by atoms with Gasteiger partial charge in [-0.15, -0.1) is 22.7 Å². The molecule has 0 fully saturated rings. The van der Waals surface area contributed by atoms with Crippen LogP contribution in [0.15, 0.2) is 17.1 Å². The molecule has 0 saturated carbocycles. The van der Waals surface area contributed by atoms with Gasteiger partial charge >= 0.3 is 0 Å². The monoisotopic (exact) mass is 240 g/mol. The Balaban J connectivity index is 1.67. The SMILES string of the molecule is Nc1nc(CCNCc2cncs2)cs1. The van der Waals surface area contributed by atoms with Crippen molar-refractivity contribution in [3.63, 3.8) is 0 Å². The van der Waals surface area contributed by atoms with E-state index in [4.69, 9.17) is 5.73 Å². The molecular weight excluding hydrogens is 228 g/mol. The Morgan fingerprint density at radius 1 is 1.40 bits per heavy atom. The average molecular weight is 240 g/mol. The van der Waals surface area contributed by atoms with Crippen LogP contribution in [0.1, 0.15) is 10.6 Å². The normalized spacial score (nSPS) is 10.7. The van der Waals surface area contributed by atoms with Gasteiger partial charge in [0.1, 0.15) is 0 Å². The maximum Gasteiger partial charge on any atom is 0.180 e. The Labute approximate surface area is 96.2 Å². The summed E-state index contributed by atoms with van der Waals surface area (Å²) in [6.45, 7) is 1.80. The van der Waals surface area contributed by atoms with Crippen molar-refractivity contribution >= 4 is 27.8 Å². The lowest BCUT2D eigenvalue weighted by atomic mass is 10.3. The molecule has 0 spiro atoms. The third-order valence-corrected chi connectivity index (χ3v) is 3.41. The number of rotatable bonds is 5. The maximum atomic E-state index is 5.54. The largest absolute Gasteiger partial charge is 0.375 e. The van der Waals surface area contributed by atoms with Crippen LogP contribution in [-0.4, -0.2) is 16.5 Å². The van der Waals surface area contributed by atoms with Crippen molar-refractivity contribution in [3.05, 3.63) is 27.7 Å². The number of hydrogen-bond acceptors (Lipinski definition) is 6. The molecule has 0 aliphatic carbocycles. The zero-order chi connectivity index (χ0) is 10.5. The van der Waals surface area contributed by atoms with Gasteiger partial charge in [-0.3, -0.25) is 4.98 Å². The summed E-state index contributed by atoms with van der Waals surface area (Å²) in [6.07, 6.45) is 2.81. The quantitative estimate of drug-likeness (QED) is 0.778. The van der Waals surface area contributed by atoms with E-state index in [-0.39, 0.29) is 0 Å². The third kappa shape index (κ3) is 3.26. The number of anilines is 1. The highest BCUT2D eigenvalue weighted by atomic mass is 32.1. The first-order valence-corrected chi connectivity index (χ1v) is 6.38. The van der Waals surface area contributed by atoms with Gasteiger partial charge in [-0.1, -0.05) is 0 Å². The van der Waals surface area contributed by atoms with Crippen molar-refractivity contribution in [2.75, 3.05) is 12.3 Å². The minimum atomic E-state index is 0.646. The van der Waals surface area contributed by atoms with E-state index in [1.54, 1.807) is 11.3 Å². The van der Waals surface area contributed by atoms with Crippen LogP contribution in [0, 0.1) is 0 Å². The van der Waals surface area contributed by atoms with Gasteiger partial charge in [0.2, 0.25) is 0 Å². The van der Waals surface area contributed by atoms with Crippen LogP contribution in [0.4, 0.5) is 5.13 Å². The molecule has 3 N–H and O–H groups in total. The van der Waals surface area contributed by atoms with E-state index in [0.717, 1.165) is 25.2 Å². The fourth-order valence-corrected chi connectivity index (χ4v) is 2.36. The molecule has 0 radical (unpaired) electrons. The summed E-state index contributed by atoms with van der Waals surface area (Å²) in [7, 11) is 0. The number of nitrogens with one attached hydrogen (secondary N) is 1. The van der Waals surface area contributed by atoms with Gasteiger partial charge in [0, 0.05) is 36.0 Å². The van der Waals surface area contributed by atoms with Crippen LogP contribution in [0.3, 0.4) is 0 Å². The highest BCUT2D eigenvalue weighted by molar-refractivity contribution is 7.13. The van der Waals surface area contributed by atoms with E-state index in [9.17, 15) is 0 Å². The van der Waals surface area contributed by atoms with Crippen LogP contribution in [-0.2, 0) is 13.0 Å². The summed E-state index contributed by atoms with van der Waals surface area (Å²) in [6, 6.07) is 0. The zero-order valence-electron chi connectivity index (χ0n) is 8.14. The molecule has 0 atom stereocenters. The fraction of sp³-hybridized carbons (Fsp3) is 0.333. The number of aromatic nitrogens is 2. The number of hydrogen-bond donors (Lipinski definition) is 2. The molecule has 15 heavy (non-hydrogen) atoms. The Hall–Kier alpha value is -0.980. The fourth-order valence-electron chi connectivity index (χ4n) is 1.19. The van der Waals surface area contributed by atoms with Crippen molar-refractivity contribution in [1.82, 2.24) is 15.3 Å². The first kappa shape index (κ1) is 10.5. The van der Waals surface area contributed by atoms with E-state index >= 15 is 0 Å². The Kier molecular flexibility index (Phi) is 3.65. The summed E-state index contributed by atoms with van der Waals surface area (Å²) in [5.41, 5.74) is 8.45. The first-order valence-electron chi connectivity index (χ1n) is 4.62. The zero-order valence-corrected chi connectivity index (χ0v) is 9.77. The molecule has 0 aliphatic heterocycles. The molecule has 0 saturated heterocycles. The van der Waals surface area contributed by atoms with Gasteiger partial charge in [-0.05, 0) is 0 Å². The molecule has 0 amide bonds. The number of nitrogen functional groups attached to an aromatic ring is 1. The molecule has 80 valence electrons. The average Bonchev–Trinajstić information content (AvgIpc) is 2.84. The minimum absolute atomic E-state index is 0.646. The lowest BCUT2D eigenvalue weighted by molar-refractivity contribution is 0.687. The summed E-state index contributed by atoms with van der Waals surface area (Å²) < 4.78 is 0. The van der Waals surface area contributed by atoms with Crippen LogP contribution in [0.5, 0.6) is 0 Å². The van der Waals surface area contributed by atoms with Gasteiger partial charge in [-0.2, -0.15) is 0 Å². The second-order valence-electron chi connectivity index (χ2n) is 3.07. The molecule has 2 rings (SSSR count). The number of nitrogens with zero attached hydrogens (tertiary/aromatic N) is 2. The smallest absolute Gasteiger partial charge is 0.180 e. The Bertz CT molecular complexity index is 396. The molecule has 2 heterocycles. The molecular formula is C9H12N4S2. The van der Waals surface area contributed by atoms with E-state index in [2.05, 4.69) is 15.3 Å². The van der Waals surface area contributed by atoms with E-state index < -0.39 is 0 Å². The predicted molar refractivity (Wildman–Crippen MR) is 64.1 cm³/mol. The van der Waals surface area contributed by atoms with Gasteiger partial charge < -0.3 is 11.1 Å². The van der Waals surface area contributed by atoms with Crippen LogP contribution >= 0.6 is 22.7 Å². The molecule has 0 unspecified atom stereocenters. The van der Waals surface area contributed by atoms with Crippen LogP contribution in [0.2, 0.25) is 0 Å². The van der Waals surface area contributed by atoms with Crippen molar-refractivity contribution < 1.29 is 0 Å². The lowest BCUT2D eigenvalue weighted by Crippen LogP contribution is -2.16. The second kappa shape index (κ2) is 5.20. The third-order valence-electron chi connectivity index (χ3n) is 1.91. The van der Waals surface area contributed by atoms with Gasteiger partial charge in [0.15, 0.2) is 5.13 Å². The summed E-state index contributed by atoms with van der Waals surface area (Å²) in [4.78, 5) is 9.46. The summed E-state index contributed by atoms with van der Waals surface area (Å²) >= 11 is 3.16. The topological polar surface area (TPSA) is 63.8 Å². The number of nitrogens with two attached hydrogens (primary N) is 1. The first-order chi connectivity index (χ1) is 7.34. The van der Waals surface area contributed by atoms with E-state index in [1.165, 1.54) is 16.2 Å². The van der Waals surface area contributed by atoms with Crippen molar-refractivity contribution in [3.8, 4) is 0 Å². The van der Waals surface area contributed by atoms with Crippen molar-refractivity contribution in [2.45, 2.75) is 13.0 Å². The summed E-state index contributed by atoms with van der Waals surface area (Å²) in [5, 5.41) is 5.99. The molecule has 2 aromatic heterocycles. The number of thiazole rings is 2. The van der Waals surface area contributed by atoms with Gasteiger partial charge in [0.05, 0.1) is 11.2 Å². The van der Waals surface area contributed by atoms with E-state index in [0.29, 0.717) is 5.13 Å². The highest BCUT2D eigenvalue weighted by Crippen LogP contribution is 2.11. The molecule has 4 nitrogen and oxygen atoms in total. The van der Waals surface area contributed by atoms with Gasteiger partial charge in [0.25, 0.3) is 0 Å². The minimum Gasteiger partial charge on any atom is -0.375 e. The van der Waals surface area contributed by atoms with Gasteiger partial charge in [-0.25, -0.2) is 4.98 Å². The lowest BCUT2D eigenvalue weighted by Gasteiger charge is -1.99. The van der Waals surface area contributed by atoms with Crippen molar-refractivity contribution in [1.29, 1.82) is 0 Å². The van der Waals surface area contributed by atoms with E-state index in [1.807, 2.05) is 17.1 Å². The second-order valence-corrected chi connectivity index (χ2v) is 4.93. The molecule has 0 aliphatic rings. The predicted octanol–water partition coefficient (Wildman–Crippen LogP) is 1.51. The molecule has 6 heteroatoms. The van der Waals surface area contributed by atoms with Crippen LogP contribution < -0.4 is 11.1 Å². The molecule has 0 aromatic carbocycles. The Morgan fingerprint density at radius 2 is 2.33 bits per heavy atom. The van der Waals surface area contributed by atoms with Crippen LogP contribution in [0.25, 0.3) is 0 Å². The molecule has 0 bridgehead atoms. The Morgan fingerprint density at radius 3 is 3.00 bits per heavy atom. The molecule has 2 aromatic rings. The standard InChI is InChI=1S/C9H12N4S2/c10-9-13-7(5-14-9)1-2-11-3-8-4-12-6-15-8/h4-6,11H,1-3H2,(H2,10,13). The highest BCUT2D eigenvalue weighted by Gasteiger charge is 1.98. The van der Waals surface area contributed by atoms with Crippen molar-refractivity contribution in [2.24, 2.45) is 0 Å². The summed E-state index contributed by atoms with van der Waals surface area (Å²) in [5.74, 6) is 0.